The molecular formula is C49H48ClN3O9S. The Morgan fingerprint density at radius 3 is 1.83 bits per heavy atom. The monoisotopic (exact) mass is 889 g/mol. The maximum Gasteiger partial charge on any atom is 0.310 e. The zero-order valence-corrected chi connectivity index (χ0v) is 36.7. The first-order valence-corrected chi connectivity index (χ1v) is 22.6. The minimum atomic E-state index is -0.723. The predicted octanol–water partition coefficient (Wildman–Crippen LogP) is 9.58. The fraction of sp³-hybridized carbons (Fsp3) is 0.388. The van der Waals surface area contributed by atoms with Crippen LogP contribution in [0, 0.1) is 10.8 Å². The highest BCUT2D eigenvalue weighted by molar-refractivity contribution is 7.14. The lowest BCUT2D eigenvalue weighted by molar-refractivity contribution is -0.220. The van der Waals surface area contributed by atoms with Gasteiger partial charge < -0.3 is 39.4 Å². The van der Waals surface area contributed by atoms with Crippen LogP contribution in [-0.4, -0.2) is 73.0 Å². The molecule has 12 nitrogen and oxygen atoms in total. The summed E-state index contributed by atoms with van der Waals surface area (Å²) in [6, 6.07) is 28.8. The molecule has 4 aromatic carbocycles. The SMILES string of the molecule is CC1(C(=O)O)CC2c3ccccc3C1CC21OCCO1.COc1ccc(NC(=O)c2cccc(-c3csc(NC(=O)C4(C)CC5c6ccccc6C4CC54OCCO4)n3)c2)cc1Cl. The number of thiazole rings is 1. The Morgan fingerprint density at radius 2 is 1.27 bits per heavy atom. The maximum atomic E-state index is 13.9. The molecule has 63 heavy (non-hydrogen) atoms. The van der Waals surface area contributed by atoms with Gasteiger partial charge in [-0.3, -0.25) is 14.4 Å². The van der Waals surface area contributed by atoms with Gasteiger partial charge in [-0.15, -0.1) is 11.3 Å². The average Bonchev–Trinajstić information content (AvgIpc) is 4.08. The first kappa shape index (κ1) is 41.8. The van der Waals surface area contributed by atoms with E-state index in [-0.39, 0.29) is 35.5 Å². The molecule has 3 N–H and O–H groups in total. The number of carbonyl (C=O) groups is 3. The van der Waals surface area contributed by atoms with Crippen molar-refractivity contribution in [3.05, 3.63) is 129 Å². The predicted molar refractivity (Wildman–Crippen MR) is 238 cm³/mol. The van der Waals surface area contributed by atoms with Gasteiger partial charge in [-0.25, -0.2) is 4.98 Å². The van der Waals surface area contributed by atoms with Crippen molar-refractivity contribution in [3.63, 3.8) is 0 Å². The molecule has 6 unspecified atom stereocenters. The molecule has 1 aromatic heterocycles. The van der Waals surface area contributed by atoms with Crippen molar-refractivity contribution >= 4 is 51.5 Å². The minimum absolute atomic E-state index is 0.0124. The number of carbonyl (C=O) groups excluding carboxylic acids is 2. The zero-order chi connectivity index (χ0) is 43.7. The van der Waals surface area contributed by atoms with Crippen LogP contribution in [0.1, 0.15) is 95.8 Å². The van der Waals surface area contributed by atoms with E-state index < -0.39 is 28.4 Å². The quantitative estimate of drug-likeness (QED) is 0.144. The van der Waals surface area contributed by atoms with Gasteiger partial charge in [-0.2, -0.15) is 0 Å². The summed E-state index contributed by atoms with van der Waals surface area (Å²) in [6.07, 6.45) is 2.52. The molecule has 2 aliphatic heterocycles. The van der Waals surface area contributed by atoms with Crippen LogP contribution in [-0.2, 0) is 28.5 Å². The van der Waals surface area contributed by atoms with Crippen LogP contribution in [0.5, 0.6) is 5.75 Å². The Morgan fingerprint density at radius 1 is 0.714 bits per heavy atom. The number of ether oxygens (including phenoxy) is 5. The summed E-state index contributed by atoms with van der Waals surface area (Å²) in [5.74, 6) is -1.83. The lowest BCUT2D eigenvalue weighted by Crippen LogP contribution is -2.56. The number of hydrogen-bond donors (Lipinski definition) is 3. The van der Waals surface area contributed by atoms with Gasteiger partial charge in [0.15, 0.2) is 16.7 Å². The molecule has 14 heteroatoms. The molecule has 2 saturated carbocycles. The van der Waals surface area contributed by atoms with E-state index >= 15 is 0 Å². The molecule has 5 aromatic rings. The van der Waals surface area contributed by atoms with E-state index in [1.807, 2.05) is 55.6 Å². The largest absolute Gasteiger partial charge is 0.495 e. The fourth-order valence-electron chi connectivity index (χ4n) is 11.2. The van der Waals surface area contributed by atoms with Crippen molar-refractivity contribution in [2.24, 2.45) is 10.8 Å². The topological polar surface area (TPSA) is 155 Å². The third-order valence-electron chi connectivity index (χ3n) is 14.4. The number of nitrogens with one attached hydrogen (secondary N) is 2. The second kappa shape index (κ2) is 15.8. The normalized spacial score (nSPS) is 27.6. The molecule has 8 aliphatic rings. The number of hydrogen-bond acceptors (Lipinski definition) is 10. The zero-order valence-electron chi connectivity index (χ0n) is 35.2. The van der Waals surface area contributed by atoms with E-state index in [2.05, 4.69) is 34.9 Å². The second-order valence-corrected chi connectivity index (χ2v) is 19.1. The van der Waals surface area contributed by atoms with E-state index in [1.54, 1.807) is 30.3 Å². The smallest absolute Gasteiger partial charge is 0.310 e. The number of fused-ring (bicyclic) bond motifs is 2. The molecule has 326 valence electrons. The number of amides is 2. The van der Waals surface area contributed by atoms with Gasteiger partial charge in [0.25, 0.3) is 5.91 Å². The van der Waals surface area contributed by atoms with Crippen molar-refractivity contribution in [2.75, 3.05) is 44.2 Å². The molecule has 2 amide bonds. The van der Waals surface area contributed by atoms with Crippen LogP contribution >= 0.6 is 22.9 Å². The van der Waals surface area contributed by atoms with E-state index in [0.717, 1.165) is 5.56 Å². The van der Waals surface area contributed by atoms with Crippen LogP contribution in [0.15, 0.2) is 96.4 Å². The van der Waals surface area contributed by atoms with E-state index in [0.29, 0.717) is 85.0 Å². The highest BCUT2D eigenvalue weighted by Crippen LogP contribution is 2.65. The number of anilines is 2. The van der Waals surface area contributed by atoms with Crippen molar-refractivity contribution in [2.45, 2.75) is 74.8 Å². The second-order valence-electron chi connectivity index (χ2n) is 17.8. The van der Waals surface area contributed by atoms with E-state index in [4.69, 9.17) is 40.3 Å². The van der Waals surface area contributed by atoms with Gasteiger partial charge in [0.1, 0.15) is 5.75 Å². The van der Waals surface area contributed by atoms with Crippen LogP contribution in [0.2, 0.25) is 5.02 Å². The molecule has 2 saturated heterocycles. The number of methoxy groups -OCH3 is 1. The number of nitrogens with zero attached hydrogens (tertiary/aromatic N) is 1. The molecule has 13 rings (SSSR count). The van der Waals surface area contributed by atoms with Crippen molar-refractivity contribution in [1.82, 2.24) is 4.98 Å². The Balaban J connectivity index is 0.000000195. The van der Waals surface area contributed by atoms with Gasteiger partial charge in [0.2, 0.25) is 5.91 Å². The standard InChI is InChI=1S/C33H30ClN3O5S.C16H18O4/c1-32(16-25-23-9-4-3-8-22(23)24(32)17-33(25)41-12-13-42-33)30(39)37-31-36-27(18-43-31)19-6-5-7-20(14-19)29(38)35-21-10-11-28(40-2)26(34)15-21;1-15(14(17)18)8-13-11-5-3-2-4-10(11)12(15)9-16(13)19-6-7-20-16/h3-11,14-15,18,24-25H,12-13,16-17H2,1-2H3,(H,35,38)(H,36,37,39);2-5,12-13H,6-9H2,1H3,(H,17,18). The summed E-state index contributed by atoms with van der Waals surface area (Å²) in [6.45, 7) is 6.28. The summed E-state index contributed by atoms with van der Waals surface area (Å²) in [5, 5.41) is 18.5. The third-order valence-corrected chi connectivity index (χ3v) is 15.5. The number of carboxylic acid groups (broad SMARTS) is 1. The van der Waals surface area contributed by atoms with Crippen LogP contribution in [0.4, 0.5) is 10.8 Å². The summed E-state index contributed by atoms with van der Waals surface area (Å²) < 4.78 is 29.4. The highest BCUT2D eigenvalue weighted by atomic mass is 35.5. The van der Waals surface area contributed by atoms with E-state index in [1.165, 1.54) is 40.7 Å². The summed E-state index contributed by atoms with van der Waals surface area (Å²) >= 11 is 7.57. The molecular weight excluding hydrogens is 842 g/mol. The lowest BCUT2D eigenvalue weighted by atomic mass is 9.52. The number of benzene rings is 4. The van der Waals surface area contributed by atoms with Gasteiger partial charge in [0, 0.05) is 58.7 Å². The minimum Gasteiger partial charge on any atom is -0.495 e. The van der Waals surface area contributed by atoms with Gasteiger partial charge >= 0.3 is 5.97 Å². The van der Waals surface area contributed by atoms with Gasteiger partial charge in [0.05, 0.1) is 55.1 Å². The molecule has 3 heterocycles. The van der Waals surface area contributed by atoms with Crippen LogP contribution in [0.25, 0.3) is 11.3 Å². The molecule has 0 radical (unpaired) electrons. The molecule has 6 aliphatic carbocycles. The molecule has 6 atom stereocenters. The Hall–Kier alpha value is -5.15. The van der Waals surface area contributed by atoms with Crippen LogP contribution in [0.3, 0.4) is 0 Å². The van der Waals surface area contributed by atoms with Crippen molar-refractivity contribution in [3.8, 4) is 17.0 Å². The Kier molecular flexibility index (Phi) is 10.5. The lowest BCUT2D eigenvalue weighted by Gasteiger charge is -2.56. The van der Waals surface area contributed by atoms with Crippen LogP contribution < -0.4 is 15.4 Å². The van der Waals surface area contributed by atoms with Crippen molar-refractivity contribution < 1.29 is 43.2 Å². The van der Waals surface area contributed by atoms with Crippen molar-refractivity contribution in [1.29, 1.82) is 0 Å². The maximum absolute atomic E-state index is 13.9. The summed E-state index contributed by atoms with van der Waals surface area (Å²) in [7, 11) is 1.54. The first-order valence-electron chi connectivity index (χ1n) is 21.4. The Bertz CT molecular complexity index is 2620. The average molecular weight is 890 g/mol. The highest BCUT2D eigenvalue weighted by Gasteiger charge is 2.64. The third kappa shape index (κ3) is 6.95. The molecule has 2 spiro atoms. The summed E-state index contributed by atoms with van der Waals surface area (Å²) in [5.41, 5.74) is 5.91. The van der Waals surface area contributed by atoms with Gasteiger partial charge in [-0.05, 0) is 72.4 Å². The number of carboxylic acids is 1. The summed E-state index contributed by atoms with van der Waals surface area (Å²) in [4.78, 5) is 43.4. The molecule has 4 fully saturated rings. The number of aliphatic carboxylic acids is 1. The fourth-order valence-corrected chi connectivity index (χ4v) is 12.1. The number of aromatic nitrogens is 1. The molecule has 4 bridgehead atoms. The number of halogens is 1. The number of rotatable bonds is 7. The Labute approximate surface area is 374 Å². The van der Waals surface area contributed by atoms with Gasteiger partial charge in [-0.1, -0.05) is 79.2 Å². The first-order chi connectivity index (χ1) is 30.4. The van der Waals surface area contributed by atoms with E-state index in [9.17, 15) is 19.5 Å².